The molecular formula is C18H18ClN3O2S4. The topological polar surface area (TPSA) is 55.3 Å². The van der Waals surface area contributed by atoms with Crippen LogP contribution in [0.4, 0.5) is 0 Å². The lowest BCUT2D eigenvalue weighted by Crippen LogP contribution is -2.27. The van der Waals surface area contributed by atoms with Gasteiger partial charge in [0.25, 0.3) is 0 Å². The number of hydrogen-bond donors (Lipinski definition) is 0. The Labute approximate surface area is 185 Å². The second-order valence-electron chi connectivity index (χ2n) is 5.71. The number of thioether (sulfide) groups is 2. The van der Waals surface area contributed by atoms with Crippen molar-refractivity contribution < 1.29 is 9.53 Å². The largest absolute Gasteiger partial charge is 0.497 e. The molecule has 0 aliphatic heterocycles. The van der Waals surface area contributed by atoms with Crippen molar-refractivity contribution in [1.82, 2.24) is 15.1 Å². The van der Waals surface area contributed by atoms with Gasteiger partial charge < -0.3 is 9.64 Å². The molecule has 2 heterocycles. The van der Waals surface area contributed by atoms with Gasteiger partial charge in [0.2, 0.25) is 5.91 Å². The molecule has 148 valence electrons. The second kappa shape index (κ2) is 10.5. The van der Waals surface area contributed by atoms with Crippen molar-refractivity contribution in [2.75, 3.05) is 19.9 Å². The van der Waals surface area contributed by atoms with Crippen molar-refractivity contribution in [1.29, 1.82) is 0 Å². The molecule has 3 rings (SSSR count). The van der Waals surface area contributed by atoms with Crippen LogP contribution in [0.15, 0.2) is 45.1 Å². The van der Waals surface area contributed by atoms with E-state index >= 15 is 0 Å². The third-order valence-electron chi connectivity index (χ3n) is 3.68. The molecule has 28 heavy (non-hydrogen) atoms. The predicted molar refractivity (Wildman–Crippen MR) is 119 cm³/mol. The first kappa shape index (κ1) is 21.4. The molecule has 0 saturated carbocycles. The molecule has 0 saturated heterocycles. The van der Waals surface area contributed by atoms with Gasteiger partial charge in [-0.1, -0.05) is 58.6 Å². The van der Waals surface area contributed by atoms with Gasteiger partial charge in [-0.15, -0.1) is 21.5 Å². The maximum atomic E-state index is 12.3. The molecule has 5 nitrogen and oxygen atoms in total. The van der Waals surface area contributed by atoms with E-state index in [0.29, 0.717) is 12.3 Å². The van der Waals surface area contributed by atoms with Gasteiger partial charge in [-0.05, 0) is 29.8 Å². The number of rotatable bonds is 9. The van der Waals surface area contributed by atoms with Crippen molar-refractivity contribution >= 4 is 63.7 Å². The van der Waals surface area contributed by atoms with Gasteiger partial charge in [0, 0.05) is 17.7 Å². The fourth-order valence-corrected chi connectivity index (χ4v) is 6.23. The number of hydrogen-bond acceptors (Lipinski definition) is 8. The van der Waals surface area contributed by atoms with Crippen LogP contribution in [0.3, 0.4) is 0 Å². The van der Waals surface area contributed by atoms with Crippen LogP contribution in [-0.4, -0.2) is 40.9 Å². The van der Waals surface area contributed by atoms with E-state index in [1.807, 2.05) is 36.4 Å². The molecule has 1 aromatic carbocycles. The van der Waals surface area contributed by atoms with Gasteiger partial charge in [0.15, 0.2) is 8.68 Å². The van der Waals surface area contributed by atoms with E-state index in [1.54, 1.807) is 30.8 Å². The van der Waals surface area contributed by atoms with E-state index in [4.69, 9.17) is 16.3 Å². The highest BCUT2D eigenvalue weighted by molar-refractivity contribution is 8.03. The fourth-order valence-electron chi connectivity index (χ4n) is 2.17. The number of nitrogens with zero attached hydrogens (tertiary/aromatic N) is 3. The van der Waals surface area contributed by atoms with E-state index in [9.17, 15) is 4.79 Å². The Bertz CT molecular complexity index is 914. The summed E-state index contributed by atoms with van der Waals surface area (Å²) in [4.78, 5) is 15.1. The first-order valence-electron chi connectivity index (χ1n) is 8.23. The molecule has 0 fully saturated rings. The number of carbonyl (C=O) groups excluding carboxylic acids is 1. The predicted octanol–water partition coefficient (Wildman–Crippen LogP) is 5.30. The van der Waals surface area contributed by atoms with Crippen LogP contribution >= 0.6 is 57.8 Å². The number of ether oxygens (including phenoxy) is 1. The molecule has 0 spiro atoms. The number of methoxy groups -OCH3 is 1. The molecule has 3 aromatic rings. The molecule has 2 aromatic heterocycles. The van der Waals surface area contributed by atoms with E-state index in [-0.39, 0.29) is 5.91 Å². The molecule has 0 radical (unpaired) electrons. The molecule has 0 atom stereocenters. The lowest BCUT2D eigenvalue weighted by atomic mass is 10.2. The average Bonchev–Trinajstić information content (AvgIpc) is 3.33. The minimum Gasteiger partial charge on any atom is -0.497 e. The highest BCUT2D eigenvalue weighted by Gasteiger charge is 2.13. The Balaban J connectivity index is 1.44. The Morgan fingerprint density at radius 3 is 2.46 bits per heavy atom. The molecule has 0 unspecified atom stereocenters. The van der Waals surface area contributed by atoms with E-state index in [0.717, 1.165) is 29.4 Å². The summed E-state index contributed by atoms with van der Waals surface area (Å²) in [5, 5.41) is 8.39. The van der Waals surface area contributed by atoms with Crippen LogP contribution < -0.4 is 4.74 Å². The molecule has 0 aliphatic carbocycles. The van der Waals surface area contributed by atoms with Gasteiger partial charge in [-0.2, -0.15) is 0 Å². The van der Waals surface area contributed by atoms with Crippen LogP contribution in [0.25, 0.3) is 0 Å². The maximum absolute atomic E-state index is 12.3. The summed E-state index contributed by atoms with van der Waals surface area (Å²) in [6.07, 6.45) is 0. The third kappa shape index (κ3) is 6.38. The normalized spacial score (nSPS) is 10.8. The standard InChI is InChI=1S/C18H18ClN3O2S4/c1-22(9-14-7-8-15(19)27-14)16(23)11-26-18-21-20-17(28-18)25-10-12-3-5-13(24-2)6-4-12/h3-8H,9-11H2,1-2H3. The molecular weight excluding hydrogens is 454 g/mol. The summed E-state index contributed by atoms with van der Waals surface area (Å²) in [5.41, 5.74) is 1.20. The minimum atomic E-state index is 0.0529. The molecule has 1 amide bonds. The second-order valence-corrected chi connectivity index (χ2v) is 10.9. The lowest BCUT2D eigenvalue weighted by Gasteiger charge is -2.15. The summed E-state index contributed by atoms with van der Waals surface area (Å²) in [5.74, 6) is 2.05. The van der Waals surface area contributed by atoms with Crippen LogP contribution in [0, 0.1) is 0 Å². The molecule has 0 aliphatic rings. The summed E-state index contributed by atoms with van der Waals surface area (Å²) in [7, 11) is 3.46. The van der Waals surface area contributed by atoms with Crippen molar-refractivity contribution in [3.8, 4) is 5.75 Å². The van der Waals surface area contributed by atoms with E-state index < -0.39 is 0 Å². The van der Waals surface area contributed by atoms with Crippen molar-refractivity contribution in [3.05, 3.63) is 51.2 Å². The quantitative estimate of drug-likeness (QED) is 0.394. The zero-order valence-corrected chi connectivity index (χ0v) is 19.3. The first-order chi connectivity index (χ1) is 13.5. The average molecular weight is 472 g/mol. The van der Waals surface area contributed by atoms with Crippen LogP contribution in [0.5, 0.6) is 5.75 Å². The third-order valence-corrected chi connectivity index (χ3v) is 8.14. The van der Waals surface area contributed by atoms with Crippen LogP contribution in [0.2, 0.25) is 4.34 Å². The highest BCUT2D eigenvalue weighted by Crippen LogP contribution is 2.31. The molecule has 0 bridgehead atoms. The van der Waals surface area contributed by atoms with Gasteiger partial charge in [0.05, 0.1) is 23.7 Å². The summed E-state index contributed by atoms with van der Waals surface area (Å²) >= 11 is 12.0. The number of halogens is 1. The van der Waals surface area contributed by atoms with Gasteiger partial charge in [0.1, 0.15) is 5.75 Å². The Morgan fingerprint density at radius 2 is 1.82 bits per heavy atom. The van der Waals surface area contributed by atoms with Crippen molar-refractivity contribution in [3.63, 3.8) is 0 Å². The molecule has 10 heteroatoms. The summed E-state index contributed by atoms with van der Waals surface area (Å²) in [6.45, 7) is 0.565. The van der Waals surface area contributed by atoms with Crippen molar-refractivity contribution in [2.24, 2.45) is 0 Å². The van der Waals surface area contributed by atoms with E-state index in [1.165, 1.54) is 40.0 Å². The summed E-state index contributed by atoms with van der Waals surface area (Å²) in [6, 6.07) is 11.8. The monoisotopic (exact) mass is 471 g/mol. The zero-order chi connectivity index (χ0) is 19.9. The number of benzene rings is 1. The smallest absolute Gasteiger partial charge is 0.233 e. The summed E-state index contributed by atoms with van der Waals surface area (Å²) < 4.78 is 7.60. The SMILES string of the molecule is COc1ccc(CSc2nnc(SCC(=O)N(C)Cc3ccc(Cl)s3)s2)cc1. The Hall–Kier alpha value is -1.26. The highest BCUT2D eigenvalue weighted by atomic mass is 35.5. The minimum absolute atomic E-state index is 0.0529. The fraction of sp³-hybridized carbons (Fsp3) is 0.278. The van der Waals surface area contributed by atoms with Crippen LogP contribution in [-0.2, 0) is 17.1 Å². The van der Waals surface area contributed by atoms with Crippen LogP contribution in [0.1, 0.15) is 10.4 Å². The Kier molecular flexibility index (Phi) is 8.04. The van der Waals surface area contributed by atoms with E-state index in [2.05, 4.69) is 10.2 Å². The number of aromatic nitrogens is 2. The number of amides is 1. The first-order valence-corrected chi connectivity index (χ1v) is 12.2. The van der Waals surface area contributed by atoms with Gasteiger partial charge in [-0.25, -0.2) is 0 Å². The molecule has 0 N–H and O–H groups in total. The maximum Gasteiger partial charge on any atom is 0.233 e. The van der Waals surface area contributed by atoms with Gasteiger partial charge in [-0.3, -0.25) is 4.79 Å². The Morgan fingerprint density at radius 1 is 1.11 bits per heavy atom. The number of carbonyl (C=O) groups is 1. The lowest BCUT2D eigenvalue weighted by molar-refractivity contribution is -0.127. The zero-order valence-electron chi connectivity index (χ0n) is 15.3. The van der Waals surface area contributed by atoms with Crippen molar-refractivity contribution in [2.45, 2.75) is 21.0 Å². The van der Waals surface area contributed by atoms with Gasteiger partial charge >= 0.3 is 0 Å². The number of thiophene rings is 1.